The minimum Gasteiger partial charge on any atom is -0.305 e. The maximum Gasteiger partial charge on any atom is 0.280 e. The third-order valence-corrected chi connectivity index (χ3v) is 6.92. The van der Waals surface area contributed by atoms with Crippen LogP contribution in [0.3, 0.4) is 0 Å². The van der Waals surface area contributed by atoms with E-state index >= 15 is 0 Å². The summed E-state index contributed by atoms with van der Waals surface area (Å²) < 4.78 is 28.6. The maximum absolute atomic E-state index is 11.3. The molecule has 0 aliphatic carbocycles. The summed E-state index contributed by atoms with van der Waals surface area (Å²) in [6, 6.07) is 6.07. The molecule has 1 aromatic carbocycles. The zero-order valence-electron chi connectivity index (χ0n) is 14.2. The number of nitrogens with one attached hydrogen (secondary N) is 1. The van der Waals surface area contributed by atoms with Crippen LogP contribution in [0.15, 0.2) is 32.6 Å². The Morgan fingerprint density at radius 3 is 2.77 bits per heavy atom. The van der Waals surface area contributed by atoms with Crippen molar-refractivity contribution in [3.05, 3.63) is 28.2 Å². The van der Waals surface area contributed by atoms with E-state index in [1.54, 1.807) is 0 Å². The third kappa shape index (κ3) is 3.57. The number of rotatable bonds is 2. The van der Waals surface area contributed by atoms with Gasteiger partial charge in [-0.3, -0.25) is 10.4 Å². The molecule has 1 fully saturated rings. The van der Waals surface area contributed by atoms with Gasteiger partial charge in [0.15, 0.2) is 5.17 Å². The van der Waals surface area contributed by atoms with Gasteiger partial charge >= 0.3 is 0 Å². The first-order chi connectivity index (χ1) is 12.2. The lowest BCUT2D eigenvalue weighted by atomic mass is 9.77. The van der Waals surface area contributed by atoms with Gasteiger partial charge in [-0.25, -0.2) is 0 Å². The van der Waals surface area contributed by atoms with Crippen LogP contribution in [0, 0.1) is 10.8 Å². The molecule has 10 heteroatoms. The van der Waals surface area contributed by atoms with Crippen LogP contribution < -0.4 is 0 Å². The smallest absolute Gasteiger partial charge is 0.280 e. The fourth-order valence-electron chi connectivity index (χ4n) is 3.65. The van der Waals surface area contributed by atoms with Gasteiger partial charge in [-0.15, -0.1) is 0 Å². The van der Waals surface area contributed by atoms with Crippen LogP contribution in [0.4, 0.5) is 0 Å². The number of hydroxylamine groups is 2. The van der Waals surface area contributed by atoms with Crippen LogP contribution in [0.1, 0.15) is 18.4 Å². The van der Waals surface area contributed by atoms with Gasteiger partial charge in [-0.2, -0.15) is 17.8 Å². The van der Waals surface area contributed by atoms with E-state index in [9.17, 15) is 8.42 Å². The van der Waals surface area contributed by atoms with Crippen molar-refractivity contribution in [2.45, 2.75) is 17.7 Å². The van der Waals surface area contributed by atoms with Crippen LogP contribution in [0.25, 0.3) is 0 Å². The average molecular weight is 459 g/mol. The van der Waals surface area contributed by atoms with Gasteiger partial charge in [0.1, 0.15) is 5.84 Å². The summed E-state index contributed by atoms with van der Waals surface area (Å²) in [6.45, 7) is 2.53. The summed E-state index contributed by atoms with van der Waals surface area (Å²) in [4.78, 5) is 7.89. The lowest BCUT2D eigenvalue weighted by molar-refractivity contribution is -0.0924. The molecule has 1 spiro atoms. The standard InChI is InChI=1S/C16H19BrN4O3S2/c1-26(22,23)24-20-6-4-16(5-7-20)9-19-14-12-3-2-11(17)8-13(12)25-15(18)21(14)10-16/h2-3,8,18H,4-7,9-10H2,1H3. The molecule has 26 heavy (non-hydrogen) atoms. The van der Waals surface area contributed by atoms with Crippen molar-refractivity contribution < 1.29 is 12.7 Å². The molecular weight excluding hydrogens is 440 g/mol. The van der Waals surface area contributed by atoms with E-state index in [2.05, 4.69) is 15.9 Å². The lowest BCUT2D eigenvalue weighted by Gasteiger charge is -2.47. The first kappa shape index (κ1) is 18.4. The quantitative estimate of drug-likeness (QED) is 0.732. The summed E-state index contributed by atoms with van der Waals surface area (Å²) in [6.07, 6.45) is 2.65. The first-order valence-electron chi connectivity index (χ1n) is 8.28. The van der Waals surface area contributed by atoms with E-state index < -0.39 is 10.1 Å². The highest BCUT2D eigenvalue weighted by atomic mass is 79.9. The number of thioether (sulfide) groups is 1. The SMILES string of the molecule is CS(=O)(=O)ON1CCC2(CC1)CN=C1c3ccc(Br)cc3SC(=N)N1C2. The van der Waals surface area contributed by atoms with E-state index in [0.29, 0.717) is 24.8 Å². The van der Waals surface area contributed by atoms with E-state index in [1.807, 2.05) is 23.1 Å². The Bertz CT molecular complexity index is 895. The summed E-state index contributed by atoms with van der Waals surface area (Å²) in [5.41, 5.74) is 1.03. The Morgan fingerprint density at radius 2 is 2.08 bits per heavy atom. The molecule has 1 N–H and O–H groups in total. The second kappa shape index (κ2) is 6.59. The van der Waals surface area contributed by atoms with E-state index in [4.69, 9.17) is 14.7 Å². The molecule has 0 aromatic heterocycles. The van der Waals surface area contributed by atoms with Crippen LogP contribution >= 0.6 is 27.7 Å². The second-order valence-electron chi connectivity index (χ2n) is 6.98. The molecule has 3 aliphatic rings. The molecule has 0 atom stereocenters. The monoisotopic (exact) mass is 458 g/mol. The van der Waals surface area contributed by atoms with Crippen LogP contribution in [0.2, 0.25) is 0 Å². The van der Waals surface area contributed by atoms with Gasteiger partial charge in [-0.05, 0) is 31.0 Å². The summed E-state index contributed by atoms with van der Waals surface area (Å²) in [7, 11) is -3.48. The van der Waals surface area contributed by atoms with Crippen molar-refractivity contribution in [3.63, 3.8) is 0 Å². The predicted molar refractivity (Wildman–Crippen MR) is 105 cm³/mol. The number of hydrogen-bond donors (Lipinski definition) is 1. The number of piperidine rings is 1. The Kier molecular flexibility index (Phi) is 4.67. The maximum atomic E-state index is 11.3. The molecule has 7 nitrogen and oxygen atoms in total. The minimum absolute atomic E-state index is 0.0411. The predicted octanol–water partition coefficient (Wildman–Crippen LogP) is 2.53. The molecule has 0 unspecified atom stereocenters. The number of hydrogen-bond acceptors (Lipinski definition) is 7. The van der Waals surface area contributed by atoms with Gasteiger partial charge in [0.2, 0.25) is 0 Å². The Morgan fingerprint density at radius 1 is 1.35 bits per heavy atom. The molecule has 0 amide bonds. The van der Waals surface area contributed by atoms with Crippen LogP contribution in [-0.4, -0.2) is 61.8 Å². The van der Waals surface area contributed by atoms with Gasteiger partial charge in [0.05, 0.1) is 6.26 Å². The number of amidine groups is 2. The van der Waals surface area contributed by atoms with Gasteiger partial charge < -0.3 is 4.90 Å². The van der Waals surface area contributed by atoms with E-state index in [0.717, 1.165) is 46.4 Å². The number of nitrogens with zero attached hydrogens (tertiary/aromatic N) is 3. The molecule has 4 rings (SSSR count). The normalized spacial score (nSPS) is 22.8. The summed E-state index contributed by atoms with van der Waals surface area (Å²) in [5, 5.41) is 10.5. The Labute approximate surface area is 165 Å². The van der Waals surface area contributed by atoms with Crippen LogP contribution in [-0.2, 0) is 14.4 Å². The van der Waals surface area contributed by atoms with Crippen molar-refractivity contribution in [2.75, 3.05) is 32.4 Å². The second-order valence-corrected chi connectivity index (χ2v) is 10.5. The van der Waals surface area contributed by atoms with Gasteiger partial charge in [0, 0.05) is 46.5 Å². The van der Waals surface area contributed by atoms with Crippen molar-refractivity contribution in [2.24, 2.45) is 10.4 Å². The number of aliphatic imine (C=N–C) groups is 1. The highest BCUT2D eigenvalue weighted by Gasteiger charge is 2.43. The summed E-state index contributed by atoms with van der Waals surface area (Å²) in [5.74, 6) is 0.872. The van der Waals surface area contributed by atoms with Gasteiger partial charge in [-0.1, -0.05) is 27.7 Å². The number of benzene rings is 1. The van der Waals surface area contributed by atoms with E-state index in [1.165, 1.54) is 16.8 Å². The molecular formula is C16H19BrN4O3S2. The average Bonchev–Trinajstić information content (AvgIpc) is 2.56. The number of halogens is 1. The van der Waals surface area contributed by atoms with Crippen molar-refractivity contribution in [1.82, 2.24) is 9.96 Å². The van der Waals surface area contributed by atoms with Gasteiger partial charge in [0.25, 0.3) is 10.1 Å². The fourth-order valence-corrected chi connectivity index (χ4v) is 5.62. The van der Waals surface area contributed by atoms with Crippen molar-refractivity contribution >= 4 is 48.8 Å². The van der Waals surface area contributed by atoms with E-state index in [-0.39, 0.29) is 5.41 Å². The molecule has 1 saturated heterocycles. The molecule has 140 valence electrons. The molecule has 3 heterocycles. The molecule has 1 aromatic rings. The minimum atomic E-state index is -3.48. The first-order valence-corrected chi connectivity index (χ1v) is 11.7. The highest BCUT2D eigenvalue weighted by molar-refractivity contribution is 9.10. The molecule has 0 radical (unpaired) electrons. The summed E-state index contributed by atoms with van der Waals surface area (Å²) >= 11 is 4.94. The van der Waals surface area contributed by atoms with Crippen molar-refractivity contribution in [3.8, 4) is 0 Å². The zero-order valence-corrected chi connectivity index (χ0v) is 17.5. The third-order valence-electron chi connectivity index (χ3n) is 4.97. The molecule has 0 bridgehead atoms. The Balaban J connectivity index is 1.55. The number of fused-ring (bicyclic) bond motifs is 3. The molecule has 3 aliphatic heterocycles. The highest BCUT2D eigenvalue weighted by Crippen LogP contribution is 2.41. The Hall–Kier alpha value is -0.940. The zero-order chi connectivity index (χ0) is 18.5. The lowest BCUT2D eigenvalue weighted by Crippen LogP contribution is -2.54. The topological polar surface area (TPSA) is 86.1 Å². The fraction of sp³-hybridized carbons (Fsp3) is 0.500. The molecule has 0 saturated carbocycles. The van der Waals surface area contributed by atoms with Crippen molar-refractivity contribution in [1.29, 1.82) is 5.41 Å². The largest absolute Gasteiger partial charge is 0.305 e. The van der Waals surface area contributed by atoms with Crippen LogP contribution in [0.5, 0.6) is 0 Å².